The van der Waals surface area contributed by atoms with Crippen LogP contribution in [0.1, 0.15) is 0 Å². The van der Waals surface area contributed by atoms with E-state index in [0.717, 1.165) is 33.4 Å². The van der Waals surface area contributed by atoms with E-state index in [-0.39, 0.29) is 0 Å². The van der Waals surface area contributed by atoms with Crippen molar-refractivity contribution in [2.45, 2.75) is 0 Å². The molecule has 3 aromatic rings. The summed E-state index contributed by atoms with van der Waals surface area (Å²) in [7, 11) is 5.97. The van der Waals surface area contributed by atoms with E-state index < -0.39 is 0 Å². The van der Waals surface area contributed by atoms with Crippen LogP contribution in [0, 0.1) is 0 Å². The van der Waals surface area contributed by atoms with Gasteiger partial charge in [0.2, 0.25) is 0 Å². The summed E-state index contributed by atoms with van der Waals surface area (Å²) in [5.41, 5.74) is 5.85. The first-order valence-corrected chi connectivity index (χ1v) is 6.24. The molecule has 0 atom stereocenters. The van der Waals surface area contributed by atoms with E-state index in [1.54, 1.807) is 0 Å². The normalized spacial score (nSPS) is 10.9. The number of anilines is 2. The highest BCUT2D eigenvalue weighted by Gasteiger charge is 2.08. The summed E-state index contributed by atoms with van der Waals surface area (Å²) in [5, 5.41) is 3.21. The molecule has 2 aromatic carbocycles. The number of nitrogens with one attached hydrogen (secondary N) is 1. The van der Waals surface area contributed by atoms with Crippen LogP contribution in [0.25, 0.3) is 22.1 Å². The largest absolute Gasteiger partial charge is 0.386 e. The van der Waals surface area contributed by atoms with E-state index in [1.807, 2.05) is 51.5 Å². The summed E-state index contributed by atoms with van der Waals surface area (Å²) in [6, 6.07) is 12.1. The van der Waals surface area contributed by atoms with Gasteiger partial charge in [-0.15, -0.1) is 0 Å². The number of hydrogen-bond donors (Lipinski definition) is 1. The van der Waals surface area contributed by atoms with Gasteiger partial charge in [0.15, 0.2) is 0 Å². The van der Waals surface area contributed by atoms with Crippen LogP contribution in [0.15, 0.2) is 36.4 Å². The minimum absolute atomic E-state index is 0.911. The Morgan fingerprint density at radius 3 is 2.00 bits per heavy atom. The Kier molecular flexibility index (Phi) is 2.71. The molecule has 0 bridgehead atoms. The molecule has 3 rings (SSSR count). The first-order chi connectivity index (χ1) is 9.19. The zero-order valence-corrected chi connectivity index (χ0v) is 11.3. The average Bonchev–Trinajstić information content (AvgIpc) is 2.43. The molecule has 1 N–H and O–H groups in total. The third-order valence-electron chi connectivity index (χ3n) is 3.21. The van der Waals surface area contributed by atoms with Gasteiger partial charge in [-0.05, 0) is 24.3 Å². The van der Waals surface area contributed by atoms with Crippen LogP contribution in [0.4, 0.5) is 11.4 Å². The van der Waals surface area contributed by atoms with E-state index in [2.05, 4.69) is 26.3 Å². The van der Waals surface area contributed by atoms with E-state index in [1.165, 1.54) is 0 Å². The Bertz CT molecular complexity index is 750. The molecule has 0 unspecified atom stereocenters. The van der Waals surface area contributed by atoms with Gasteiger partial charge in [0.25, 0.3) is 0 Å². The van der Waals surface area contributed by atoms with Crippen molar-refractivity contribution in [2.75, 3.05) is 31.4 Å². The quantitative estimate of drug-likeness (QED) is 0.712. The lowest BCUT2D eigenvalue weighted by Gasteiger charge is -2.17. The highest BCUT2D eigenvalue weighted by Crippen LogP contribution is 2.29. The highest BCUT2D eigenvalue weighted by atomic mass is 15.1. The molecule has 0 radical (unpaired) electrons. The second-order valence-corrected chi connectivity index (χ2v) is 4.71. The Balaban J connectivity index is 2.35. The molecule has 0 aliphatic heterocycles. The minimum Gasteiger partial charge on any atom is -0.386 e. The number of hydrogen-bond acceptors (Lipinski definition) is 4. The Labute approximate surface area is 112 Å². The molecule has 19 heavy (non-hydrogen) atoms. The zero-order chi connectivity index (χ0) is 13.4. The SMILES string of the molecule is CNc1cc2nc3ccccc3nc2cc1N(C)C. The lowest BCUT2D eigenvalue weighted by molar-refractivity contribution is 1.13. The first-order valence-electron chi connectivity index (χ1n) is 6.24. The maximum atomic E-state index is 4.68. The molecule has 0 saturated carbocycles. The number of rotatable bonds is 2. The van der Waals surface area contributed by atoms with E-state index in [9.17, 15) is 0 Å². The molecule has 0 aliphatic carbocycles. The van der Waals surface area contributed by atoms with Crippen molar-refractivity contribution in [3.8, 4) is 0 Å². The van der Waals surface area contributed by atoms with Crippen LogP contribution in [-0.4, -0.2) is 31.1 Å². The molecule has 4 heteroatoms. The number of aromatic nitrogens is 2. The predicted molar refractivity (Wildman–Crippen MR) is 80.9 cm³/mol. The third-order valence-corrected chi connectivity index (χ3v) is 3.21. The van der Waals surface area contributed by atoms with Gasteiger partial charge in [-0.3, -0.25) is 0 Å². The minimum atomic E-state index is 0.911. The number of fused-ring (bicyclic) bond motifs is 2. The summed E-state index contributed by atoms with van der Waals surface area (Å²) in [6.07, 6.45) is 0. The van der Waals surface area contributed by atoms with E-state index >= 15 is 0 Å². The third kappa shape index (κ3) is 1.95. The Hall–Kier alpha value is -2.36. The Morgan fingerprint density at radius 2 is 1.47 bits per heavy atom. The molecule has 96 valence electrons. The van der Waals surface area contributed by atoms with Gasteiger partial charge in [-0.1, -0.05) is 12.1 Å². The van der Waals surface area contributed by atoms with Crippen LogP contribution in [-0.2, 0) is 0 Å². The van der Waals surface area contributed by atoms with Crippen LogP contribution in [0.2, 0.25) is 0 Å². The Morgan fingerprint density at radius 1 is 0.895 bits per heavy atom. The lowest BCUT2D eigenvalue weighted by Crippen LogP contribution is -2.11. The van der Waals surface area contributed by atoms with Gasteiger partial charge in [-0.25, -0.2) is 9.97 Å². The number of para-hydroxylation sites is 2. The fourth-order valence-electron chi connectivity index (χ4n) is 2.23. The van der Waals surface area contributed by atoms with Crippen molar-refractivity contribution in [1.29, 1.82) is 0 Å². The second kappa shape index (κ2) is 4.39. The molecular formula is C15H16N4. The topological polar surface area (TPSA) is 41.1 Å². The molecule has 0 spiro atoms. The number of nitrogens with zero attached hydrogens (tertiary/aromatic N) is 3. The van der Waals surface area contributed by atoms with Crippen LogP contribution in [0.5, 0.6) is 0 Å². The van der Waals surface area contributed by atoms with Crippen molar-refractivity contribution in [2.24, 2.45) is 0 Å². The molecule has 4 nitrogen and oxygen atoms in total. The molecule has 1 heterocycles. The molecule has 1 aromatic heterocycles. The summed E-state index contributed by atoms with van der Waals surface area (Å²) in [5.74, 6) is 0. The van der Waals surface area contributed by atoms with Crippen molar-refractivity contribution in [3.63, 3.8) is 0 Å². The highest BCUT2D eigenvalue weighted by molar-refractivity contribution is 5.92. The van der Waals surface area contributed by atoms with Gasteiger partial charge in [0, 0.05) is 21.1 Å². The molecular weight excluding hydrogens is 236 g/mol. The predicted octanol–water partition coefficient (Wildman–Crippen LogP) is 2.89. The van der Waals surface area contributed by atoms with Crippen LogP contribution < -0.4 is 10.2 Å². The van der Waals surface area contributed by atoms with Crippen LogP contribution in [0.3, 0.4) is 0 Å². The number of benzene rings is 2. The molecule has 0 saturated heterocycles. The van der Waals surface area contributed by atoms with Crippen molar-refractivity contribution >= 4 is 33.4 Å². The lowest BCUT2D eigenvalue weighted by atomic mass is 10.2. The van der Waals surface area contributed by atoms with Crippen molar-refractivity contribution < 1.29 is 0 Å². The summed E-state index contributed by atoms with van der Waals surface area (Å²) >= 11 is 0. The fraction of sp³-hybridized carbons (Fsp3) is 0.200. The molecule has 0 aliphatic rings. The second-order valence-electron chi connectivity index (χ2n) is 4.71. The monoisotopic (exact) mass is 252 g/mol. The van der Waals surface area contributed by atoms with Gasteiger partial charge in [0.05, 0.1) is 33.4 Å². The summed E-state index contributed by atoms with van der Waals surface area (Å²) < 4.78 is 0. The van der Waals surface area contributed by atoms with Crippen LogP contribution >= 0.6 is 0 Å². The van der Waals surface area contributed by atoms with Gasteiger partial charge in [-0.2, -0.15) is 0 Å². The summed E-state index contributed by atoms with van der Waals surface area (Å²) in [4.78, 5) is 11.4. The fourth-order valence-corrected chi connectivity index (χ4v) is 2.23. The van der Waals surface area contributed by atoms with Gasteiger partial charge in [0.1, 0.15) is 0 Å². The van der Waals surface area contributed by atoms with Gasteiger partial charge >= 0.3 is 0 Å². The van der Waals surface area contributed by atoms with E-state index in [4.69, 9.17) is 0 Å². The zero-order valence-electron chi connectivity index (χ0n) is 11.3. The van der Waals surface area contributed by atoms with E-state index in [0.29, 0.717) is 0 Å². The molecule has 0 fully saturated rings. The first kappa shape index (κ1) is 11.7. The summed E-state index contributed by atoms with van der Waals surface area (Å²) in [6.45, 7) is 0. The van der Waals surface area contributed by atoms with Crippen molar-refractivity contribution in [1.82, 2.24) is 9.97 Å². The standard InChI is InChI=1S/C15H16N4/c1-16-14-8-12-13(9-15(14)19(2)3)18-11-7-5-4-6-10(11)17-12/h4-9,16H,1-3H3. The van der Waals surface area contributed by atoms with Gasteiger partial charge < -0.3 is 10.2 Å². The van der Waals surface area contributed by atoms with Crippen molar-refractivity contribution in [3.05, 3.63) is 36.4 Å². The average molecular weight is 252 g/mol. The maximum Gasteiger partial charge on any atom is 0.0916 e. The smallest absolute Gasteiger partial charge is 0.0916 e. The molecule has 0 amide bonds. The maximum absolute atomic E-state index is 4.68.